The monoisotopic (exact) mass is 531 g/mol. The predicted octanol–water partition coefficient (Wildman–Crippen LogP) is -2.55. The highest BCUT2D eigenvalue weighted by Gasteiger charge is 2.27. The number of H-pyrrole nitrogens is 1. The number of carbonyl (C=O) groups excluding carboxylic acids is 3. The number of carbonyl (C=O) groups is 4. The van der Waals surface area contributed by atoms with Crippen LogP contribution in [0.15, 0.2) is 41.8 Å². The third-order valence-corrected chi connectivity index (χ3v) is 5.34. The highest BCUT2D eigenvalue weighted by molar-refractivity contribution is 5.92. The third-order valence-electron chi connectivity index (χ3n) is 5.34. The van der Waals surface area contributed by atoms with E-state index in [1.54, 1.807) is 12.1 Å². The summed E-state index contributed by atoms with van der Waals surface area (Å²) in [5.74, 6) is -3.41. The Balaban J connectivity index is 2.01. The van der Waals surface area contributed by atoms with Gasteiger partial charge in [-0.2, -0.15) is 0 Å². The molecular weight excluding hydrogens is 498 g/mol. The molecule has 0 fully saturated rings. The summed E-state index contributed by atoms with van der Waals surface area (Å²) in [6.07, 6.45) is 3.48. The van der Waals surface area contributed by atoms with Crippen LogP contribution < -0.4 is 33.2 Å². The maximum atomic E-state index is 13.0. The zero-order chi connectivity index (χ0) is 28.1. The standard InChI is InChI=1S/C23H33N9O6/c24-16(9-14-10-27-12-30-14)20(35)29-11-19(34)31-18(8-13-3-5-15(33)6-4-13)21(36)32-17(22(37)38)2-1-7-28-23(25)26/h3-6,10,12,16-18,33H,1-2,7-9,11,24H2,(H,27,30)(H,29,35)(H,31,34)(H,32,36)(H,37,38)(H4,25,26,28). The molecule has 2 rings (SSSR count). The molecule has 1 aromatic heterocycles. The summed E-state index contributed by atoms with van der Waals surface area (Å²) in [6.45, 7) is -0.284. The zero-order valence-corrected chi connectivity index (χ0v) is 20.6. The molecule has 1 heterocycles. The van der Waals surface area contributed by atoms with Gasteiger partial charge in [-0.3, -0.25) is 19.4 Å². The summed E-state index contributed by atoms with van der Waals surface area (Å²) >= 11 is 0. The molecule has 15 nitrogen and oxygen atoms in total. The quantitative estimate of drug-likeness (QED) is 0.0659. The van der Waals surface area contributed by atoms with Crippen molar-refractivity contribution in [1.82, 2.24) is 25.9 Å². The van der Waals surface area contributed by atoms with Crippen molar-refractivity contribution >= 4 is 29.7 Å². The van der Waals surface area contributed by atoms with Crippen LogP contribution in [0.1, 0.15) is 24.1 Å². The van der Waals surface area contributed by atoms with Gasteiger partial charge in [0.25, 0.3) is 0 Å². The van der Waals surface area contributed by atoms with Crippen LogP contribution in [0.4, 0.5) is 0 Å². The van der Waals surface area contributed by atoms with Crippen LogP contribution in [0, 0.1) is 0 Å². The zero-order valence-electron chi connectivity index (χ0n) is 20.6. The van der Waals surface area contributed by atoms with E-state index in [0.717, 1.165) is 0 Å². The van der Waals surface area contributed by atoms with Crippen molar-refractivity contribution in [3.05, 3.63) is 48.0 Å². The topological polar surface area (TPSA) is 264 Å². The van der Waals surface area contributed by atoms with Gasteiger partial charge in [0.05, 0.1) is 18.9 Å². The molecule has 38 heavy (non-hydrogen) atoms. The second kappa shape index (κ2) is 14.8. The van der Waals surface area contributed by atoms with Crippen LogP contribution in [0.2, 0.25) is 0 Å². The van der Waals surface area contributed by atoms with Crippen LogP contribution in [0.3, 0.4) is 0 Å². The minimum absolute atomic E-state index is 0.00846. The summed E-state index contributed by atoms with van der Waals surface area (Å²) in [6, 6.07) is 2.57. The Morgan fingerprint density at radius 2 is 1.74 bits per heavy atom. The fourth-order valence-corrected chi connectivity index (χ4v) is 3.38. The maximum Gasteiger partial charge on any atom is 0.326 e. The maximum absolute atomic E-state index is 13.0. The molecule has 2 aromatic rings. The smallest absolute Gasteiger partial charge is 0.326 e. The van der Waals surface area contributed by atoms with Gasteiger partial charge in [0.2, 0.25) is 17.7 Å². The van der Waals surface area contributed by atoms with E-state index < -0.39 is 48.4 Å². The van der Waals surface area contributed by atoms with Gasteiger partial charge in [0.15, 0.2) is 5.96 Å². The summed E-state index contributed by atoms with van der Waals surface area (Å²) < 4.78 is 0. The number of phenols is 1. The number of nitrogens with one attached hydrogen (secondary N) is 4. The number of rotatable bonds is 15. The first-order valence-corrected chi connectivity index (χ1v) is 11.7. The van der Waals surface area contributed by atoms with Gasteiger partial charge in [-0.15, -0.1) is 0 Å². The summed E-state index contributed by atoms with van der Waals surface area (Å²) in [5, 5.41) is 26.4. The summed E-state index contributed by atoms with van der Waals surface area (Å²) in [5.41, 5.74) is 17.6. The van der Waals surface area contributed by atoms with Crippen LogP contribution in [-0.4, -0.2) is 81.0 Å². The molecule has 0 saturated carbocycles. The van der Waals surface area contributed by atoms with E-state index in [-0.39, 0.29) is 43.9 Å². The van der Waals surface area contributed by atoms with Crippen LogP contribution >= 0.6 is 0 Å². The van der Waals surface area contributed by atoms with E-state index in [1.165, 1.54) is 24.7 Å². The minimum Gasteiger partial charge on any atom is -0.508 e. The van der Waals surface area contributed by atoms with E-state index in [2.05, 4.69) is 30.9 Å². The molecule has 12 N–H and O–H groups in total. The Hall–Kier alpha value is -4.66. The van der Waals surface area contributed by atoms with E-state index in [9.17, 15) is 29.4 Å². The number of aromatic nitrogens is 2. The lowest BCUT2D eigenvalue weighted by molar-refractivity contribution is -0.142. The molecule has 15 heteroatoms. The van der Waals surface area contributed by atoms with Gasteiger partial charge in [-0.05, 0) is 30.5 Å². The van der Waals surface area contributed by atoms with Crippen molar-refractivity contribution in [3.8, 4) is 5.75 Å². The highest BCUT2D eigenvalue weighted by atomic mass is 16.4. The van der Waals surface area contributed by atoms with Crippen molar-refractivity contribution in [3.63, 3.8) is 0 Å². The Morgan fingerprint density at radius 1 is 1.03 bits per heavy atom. The van der Waals surface area contributed by atoms with Crippen LogP contribution in [0.25, 0.3) is 0 Å². The average Bonchev–Trinajstić information content (AvgIpc) is 3.37. The Labute approximate surface area is 218 Å². The molecule has 0 aliphatic rings. The van der Waals surface area contributed by atoms with Gasteiger partial charge < -0.3 is 48.3 Å². The number of carboxylic acids is 1. The normalized spacial score (nSPS) is 13.0. The molecule has 0 aliphatic heterocycles. The number of nitrogens with two attached hydrogens (primary N) is 3. The molecule has 3 atom stereocenters. The molecule has 0 saturated heterocycles. The number of hydrogen-bond acceptors (Lipinski definition) is 8. The fourth-order valence-electron chi connectivity index (χ4n) is 3.38. The predicted molar refractivity (Wildman–Crippen MR) is 136 cm³/mol. The van der Waals surface area contributed by atoms with Crippen molar-refractivity contribution in [1.29, 1.82) is 0 Å². The molecule has 0 aliphatic carbocycles. The van der Waals surface area contributed by atoms with Gasteiger partial charge >= 0.3 is 5.97 Å². The Morgan fingerprint density at radius 3 is 2.34 bits per heavy atom. The molecule has 1 aromatic carbocycles. The van der Waals surface area contributed by atoms with Gasteiger partial charge in [-0.1, -0.05) is 12.1 Å². The number of imidazole rings is 1. The average molecular weight is 532 g/mol. The number of carboxylic acid groups (broad SMARTS) is 1. The van der Waals surface area contributed by atoms with Gasteiger partial charge in [0, 0.05) is 31.3 Å². The van der Waals surface area contributed by atoms with Crippen molar-refractivity contribution in [2.75, 3.05) is 13.1 Å². The SMILES string of the molecule is NC(N)=NCCCC(NC(=O)C(Cc1ccc(O)cc1)NC(=O)CNC(=O)C(N)Cc1cnc[nH]1)C(=O)O. The number of guanidine groups is 1. The lowest BCUT2D eigenvalue weighted by Gasteiger charge is -2.22. The molecule has 0 spiro atoms. The molecule has 3 amide bonds. The number of aliphatic imine (C=N–C) groups is 1. The van der Waals surface area contributed by atoms with Crippen molar-refractivity contribution in [2.45, 2.75) is 43.8 Å². The number of phenolic OH excluding ortho intramolecular Hbond substituents is 1. The molecule has 3 unspecified atom stereocenters. The van der Waals surface area contributed by atoms with Gasteiger partial charge in [-0.25, -0.2) is 9.78 Å². The number of aliphatic carboxylic acids is 1. The van der Waals surface area contributed by atoms with Crippen LogP contribution in [-0.2, 0) is 32.0 Å². The molecule has 0 bridgehead atoms. The lowest BCUT2D eigenvalue weighted by Crippen LogP contribution is -2.54. The number of benzene rings is 1. The first-order chi connectivity index (χ1) is 18.0. The van der Waals surface area contributed by atoms with Crippen LogP contribution in [0.5, 0.6) is 5.75 Å². The fraction of sp³-hybridized carbons (Fsp3) is 0.391. The molecule has 206 valence electrons. The number of nitrogens with zero attached hydrogens (tertiary/aromatic N) is 2. The van der Waals surface area contributed by atoms with E-state index >= 15 is 0 Å². The first kappa shape index (κ1) is 29.6. The number of amides is 3. The molecular formula is C23H33N9O6. The highest BCUT2D eigenvalue weighted by Crippen LogP contribution is 2.12. The van der Waals surface area contributed by atoms with E-state index in [4.69, 9.17) is 17.2 Å². The van der Waals surface area contributed by atoms with E-state index in [0.29, 0.717) is 11.3 Å². The van der Waals surface area contributed by atoms with Crippen molar-refractivity contribution in [2.24, 2.45) is 22.2 Å². The van der Waals surface area contributed by atoms with Crippen molar-refractivity contribution < 1.29 is 29.4 Å². The second-order valence-electron chi connectivity index (χ2n) is 8.44. The number of aromatic hydroxyl groups is 1. The lowest BCUT2D eigenvalue weighted by atomic mass is 10.0. The number of aromatic amines is 1. The second-order valence-corrected chi connectivity index (χ2v) is 8.44. The summed E-state index contributed by atoms with van der Waals surface area (Å²) in [7, 11) is 0. The molecule has 0 radical (unpaired) electrons. The number of hydrogen-bond donors (Lipinski definition) is 9. The largest absolute Gasteiger partial charge is 0.508 e. The first-order valence-electron chi connectivity index (χ1n) is 11.7. The Kier molecular flexibility index (Phi) is 11.5. The minimum atomic E-state index is -1.27. The third kappa shape index (κ3) is 10.5. The Bertz CT molecular complexity index is 1100. The summed E-state index contributed by atoms with van der Waals surface area (Å²) in [4.78, 5) is 60.0. The van der Waals surface area contributed by atoms with E-state index in [1.807, 2.05) is 0 Å². The van der Waals surface area contributed by atoms with Gasteiger partial charge in [0.1, 0.15) is 17.8 Å².